The first-order chi connectivity index (χ1) is 15.2. The summed E-state index contributed by atoms with van der Waals surface area (Å²) in [5.41, 5.74) is 3.07. The maximum absolute atomic E-state index is 13.1. The topological polar surface area (TPSA) is 87.4 Å². The van der Waals surface area contributed by atoms with Crippen molar-refractivity contribution in [3.63, 3.8) is 0 Å². The Bertz CT molecular complexity index is 1200. The number of thiophene rings is 1. The Balaban J connectivity index is 1.33. The lowest BCUT2D eigenvalue weighted by Gasteiger charge is -2.19. The van der Waals surface area contributed by atoms with Gasteiger partial charge in [0.05, 0.1) is 22.6 Å². The number of H-pyrrole nitrogens is 1. The number of amides is 1. The molecule has 1 atom stereocenters. The molecule has 0 aliphatic carbocycles. The van der Waals surface area contributed by atoms with Gasteiger partial charge in [0.25, 0.3) is 5.91 Å². The van der Waals surface area contributed by atoms with Crippen molar-refractivity contribution in [1.82, 2.24) is 20.2 Å². The summed E-state index contributed by atoms with van der Waals surface area (Å²) in [5.74, 6) is 1.50. The summed E-state index contributed by atoms with van der Waals surface area (Å²) >= 11 is 2.88. The molecule has 7 nitrogen and oxygen atoms in total. The smallest absolute Gasteiger partial charge is 0.253 e. The Hall–Kier alpha value is -3.17. The van der Waals surface area contributed by atoms with Crippen LogP contribution in [0, 0.1) is 6.92 Å². The molecule has 1 amide bonds. The second-order valence-electron chi connectivity index (χ2n) is 7.12. The minimum absolute atomic E-state index is 0.115. The molecule has 1 N–H and O–H groups in total. The van der Waals surface area contributed by atoms with Gasteiger partial charge in [-0.1, -0.05) is 47.7 Å². The Morgan fingerprint density at radius 3 is 2.87 bits per heavy atom. The molecule has 156 valence electrons. The van der Waals surface area contributed by atoms with E-state index in [1.807, 2.05) is 48.7 Å². The largest absolute Gasteiger partial charge is 0.467 e. The van der Waals surface area contributed by atoms with Crippen LogP contribution in [0.25, 0.3) is 10.7 Å². The summed E-state index contributed by atoms with van der Waals surface area (Å²) in [5, 5.41) is 15.9. The first-order valence-electron chi connectivity index (χ1n) is 9.76. The van der Waals surface area contributed by atoms with Gasteiger partial charge in [-0.3, -0.25) is 9.89 Å². The molecular weight excluding hydrogens is 430 g/mol. The minimum atomic E-state index is -0.256. The van der Waals surface area contributed by atoms with Crippen LogP contribution in [0.3, 0.4) is 0 Å². The third-order valence-corrected chi connectivity index (χ3v) is 6.68. The first kappa shape index (κ1) is 19.8. The number of carbonyl (C=O) groups excluding carboxylic acids is 1. The van der Waals surface area contributed by atoms with E-state index in [-0.39, 0.29) is 17.7 Å². The number of nitrogens with zero attached hydrogens (tertiary/aromatic N) is 4. The number of nitrogens with one attached hydrogen (secondary N) is 1. The van der Waals surface area contributed by atoms with Crippen molar-refractivity contribution >= 4 is 34.7 Å². The van der Waals surface area contributed by atoms with Crippen molar-refractivity contribution in [1.29, 1.82) is 0 Å². The molecule has 0 radical (unpaired) electrons. The molecule has 9 heteroatoms. The van der Waals surface area contributed by atoms with Crippen LogP contribution in [0.5, 0.6) is 0 Å². The summed E-state index contributed by atoms with van der Waals surface area (Å²) in [7, 11) is 0. The zero-order valence-electron chi connectivity index (χ0n) is 16.7. The highest BCUT2D eigenvalue weighted by atomic mass is 32.2. The monoisotopic (exact) mass is 449 g/mol. The predicted octanol–water partition coefficient (Wildman–Crippen LogP) is 4.90. The lowest BCUT2D eigenvalue weighted by atomic mass is 10.0. The quantitative estimate of drug-likeness (QED) is 0.423. The predicted molar refractivity (Wildman–Crippen MR) is 121 cm³/mol. The number of benzene rings is 1. The maximum atomic E-state index is 13.1. The summed E-state index contributed by atoms with van der Waals surface area (Å²) in [4.78, 5) is 18.6. The molecule has 3 aromatic heterocycles. The van der Waals surface area contributed by atoms with E-state index in [1.54, 1.807) is 17.6 Å². The van der Waals surface area contributed by atoms with Crippen LogP contribution in [-0.2, 0) is 4.79 Å². The molecule has 0 fully saturated rings. The molecule has 5 rings (SSSR count). The highest BCUT2D eigenvalue weighted by Gasteiger charge is 2.34. The van der Waals surface area contributed by atoms with Crippen LogP contribution < -0.4 is 0 Å². The zero-order chi connectivity index (χ0) is 21.2. The number of hydrogen-bond acceptors (Lipinski definition) is 7. The van der Waals surface area contributed by atoms with Crippen LogP contribution >= 0.6 is 23.1 Å². The normalized spacial score (nSPS) is 16.0. The Morgan fingerprint density at radius 2 is 2.13 bits per heavy atom. The molecule has 0 saturated heterocycles. The van der Waals surface area contributed by atoms with E-state index in [0.29, 0.717) is 17.4 Å². The number of hydrazone groups is 1. The van der Waals surface area contributed by atoms with Gasteiger partial charge in [-0.2, -0.15) is 5.10 Å². The van der Waals surface area contributed by atoms with E-state index in [0.717, 1.165) is 21.9 Å². The van der Waals surface area contributed by atoms with Crippen molar-refractivity contribution in [2.75, 3.05) is 5.75 Å². The van der Waals surface area contributed by atoms with E-state index in [4.69, 9.17) is 4.42 Å². The molecule has 0 spiro atoms. The molecule has 31 heavy (non-hydrogen) atoms. The second kappa shape index (κ2) is 8.52. The average Bonchev–Trinajstić information content (AvgIpc) is 3.58. The molecule has 0 saturated carbocycles. The number of rotatable bonds is 6. The van der Waals surface area contributed by atoms with Gasteiger partial charge in [0.1, 0.15) is 11.8 Å². The number of carbonyl (C=O) groups is 1. The molecule has 1 aliphatic heterocycles. The fraction of sp³-hybridized carbons (Fsp3) is 0.182. The number of thioether (sulfide) groups is 1. The lowest BCUT2D eigenvalue weighted by molar-refractivity contribution is -0.130. The summed E-state index contributed by atoms with van der Waals surface area (Å²) in [6.45, 7) is 2.05. The number of aromatic nitrogens is 3. The molecule has 4 aromatic rings. The first-order valence-corrected chi connectivity index (χ1v) is 11.6. The van der Waals surface area contributed by atoms with Crippen LogP contribution in [0.1, 0.15) is 29.3 Å². The van der Waals surface area contributed by atoms with Gasteiger partial charge in [-0.05, 0) is 36.1 Å². The number of hydrogen-bond donors (Lipinski definition) is 1. The van der Waals surface area contributed by atoms with Gasteiger partial charge in [-0.15, -0.1) is 16.4 Å². The summed E-state index contributed by atoms with van der Waals surface area (Å²) in [6, 6.07) is 15.6. The standard InChI is InChI=1S/C22H19N5O2S2/c1-14-6-8-15(9-7-14)16-12-17(18-4-2-10-29-18)27(26-16)20(28)13-31-22-23-21(24-25-22)19-5-3-11-30-19/h2-11,17H,12-13H2,1H3,(H,23,24,25)/t17-/m1/s1. The zero-order valence-corrected chi connectivity index (χ0v) is 18.3. The van der Waals surface area contributed by atoms with Crippen LogP contribution in [0.15, 0.2) is 74.8 Å². The molecule has 4 heterocycles. The van der Waals surface area contributed by atoms with Crippen LogP contribution in [0.4, 0.5) is 0 Å². The Morgan fingerprint density at radius 1 is 1.26 bits per heavy atom. The molecule has 0 bridgehead atoms. The Kier molecular flexibility index (Phi) is 5.44. The van der Waals surface area contributed by atoms with Gasteiger partial charge < -0.3 is 4.42 Å². The third kappa shape index (κ3) is 4.19. The van der Waals surface area contributed by atoms with Crippen molar-refractivity contribution in [2.45, 2.75) is 24.5 Å². The fourth-order valence-electron chi connectivity index (χ4n) is 3.39. The van der Waals surface area contributed by atoms with E-state index in [9.17, 15) is 4.79 Å². The number of aryl methyl sites for hydroxylation is 1. The Labute approximate surface area is 187 Å². The fourth-order valence-corrected chi connectivity index (χ4v) is 4.70. The minimum Gasteiger partial charge on any atom is -0.467 e. The van der Waals surface area contributed by atoms with E-state index in [2.05, 4.69) is 32.4 Å². The lowest BCUT2D eigenvalue weighted by Crippen LogP contribution is -2.28. The SMILES string of the molecule is Cc1ccc(C2=NN(C(=O)CSc3n[nH]c(-c4cccs4)n3)[C@@H](c3ccco3)C2)cc1. The average molecular weight is 450 g/mol. The number of aromatic amines is 1. The van der Waals surface area contributed by atoms with Gasteiger partial charge in [0.2, 0.25) is 5.16 Å². The third-order valence-electron chi connectivity index (χ3n) is 4.97. The van der Waals surface area contributed by atoms with Crippen LogP contribution in [-0.4, -0.2) is 37.6 Å². The van der Waals surface area contributed by atoms with Gasteiger partial charge in [0.15, 0.2) is 5.82 Å². The van der Waals surface area contributed by atoms with E-state index >= 15 is 0 Å². The molecule has 0 unspecified atom stereocenters. The van der Waals surface area contributed by atoms with Crippen molar-refractivity contribution in [3.8, 4) is 10.7 Å². The van der Waals surface area contributed by atoms with Crippen LogP contribution in [0.2, 0.25) is 0 Å². The molecular formula is C22H19N5O2S2. The van der Waals surface area contributed by atoms with Crippen molar-refractivity contribution in [2.24, 2.45) is 5.10 Å². The molecule has 1 aromatic carbocycles. The second-order valence-corrected chi connectivity index (χ2v) is 9.01. The highest BCUT2D eigenvalue weighted by molar-refractivity contribution is 7.99. The highest BCUT2D eigenvalue weighted by Crippen LogP contribution is 2.34. The van der Waals surface area contributed by atoms with E-state index < -0.39 is 0 Å². The summed E-state index contributed by atoms with van der Waals surface area (Å²) < 4.78 is 5.61. The van der Waals surface area contributed by atoms with Crippen molar-refractivity contribution in [3.05, 3.63) is 77.1 Å². The maximum Gasteiger partial charge on any atom is 0.253 e. The summed E-state index contributed by atoms with van der Waals surface area (Å²) in [6.07, 6.45) is 2.23. The van der Waals surface area contributed by atoms with Gasteiger partial charge >= 0.3 is 0 Å². The van der Waals surface area contributed by atoms with Gasteiger partial charge in [-0.25, -0.2) is 9.99 Å². The van der Waals surface area contributed by atoms with Crippen molar-refractivity contribution < 1.29 is 9.21 Å². The van der Waals surface area contributed by atoms with Gasteiger partial charge in [0, 0.05) is 6.42 Å². The van der Waals surface area contributed by atoms with E-state index in [1.165, 1.54) is 22.3 Å². The number of furan rings is 1. The molecule has 1 aliphatic rings.